The Morgan fingerprint density at radius 2 is 1.73 bits per heavy atom. The normalized spacial score (nSPS) is 11.8. The van der Waals surface area contributed by atoms with Crippen LogP contribution in [0, 0.1) is 13.8 Å². The van der Waals surface area contributed by atoms with E-state index >= 15 is 0 Å². The molecular weight excluding hydrogens is 435 g/mol. The molecule has 2 aromatic heterocycles. The first-order valence-corrected chi connectivity index (χ1v) is 9.97. The Labute approximate surface area is 178 Å². The van der Waals surface area contributed by atoms with Crippen LogP contribution in [0.4, 0.5) is 29.8 Å². The smallest absolute Gasteiger partial charge is 0.382 e. The topological polar surface area (TPSA) is 76.7 Å². The molecule has 0 radical (unpaired) electrons. The summed E-state index contributed by atoms with van der Waals surface area (Å²) in [5, 5.41) is 3.76. The van der Waals surface area contributed by atoms with E-state index in [2.05, 4.69) is 20.3 Å². The standard InChI is InChI=1S/C20H15ClF3N5S/c1-9-4-3-5-10(2)14(9)26-19-27-15-16(25)28-17(29-18(15)30-19)12-7-6-11(8-13(12)21)20(22,23)24/h3-8H,1-2H3,(H,26,27)(H2,25,28,29). The maximum absolute atomic E-state index is 12.9. The third kappa shape index (κ3) is 3.78. The number of halogens is 4. The molecule has 0 aliphatic carbocycles. The van der Waals surface area contributed by atoms with Crippen molar-refractivity contribution >= 4 is 49.9 Å². The van der Waals surface area contributed by atoms with Gasteiger partial charge in [0, 0.05) is 11.3 Å². The molecule has 0 aliphatic rings. The number of nitrogens with zero attached hydrogens (tertiary/aromatic N) is 3. The number of hydrogen-bond donors (Lipinski definition) is 2. The maximum Gasteiger partial charge on any atom is 0.416 e. The van der Waals surface area contributed by atoms with Crippen molar-refractivity contribution in [3.05, 3.63) is 58.1 Å². The first kappa shape index (κ1) is 20.4. The van der Waals surface area contributed by atoms with Gasteiger partial charge in [-0.25, -0.2) is 15.0 Å². The number of alkyl halides is 3. The summed E-state index contributed by atoms with van der Waals surface area (Å²) in [6.45, 7) is 3.98. The Bertz CT molecular complexity index is 1250. The monoisotopic (exact) mass is 449 g/mol. The third-order valence-electron chi connectivity index (χ3n) is 4.54. The van der Waals surface area contributed by atoms with Gasteiger partial charge in [0.25, 0.3) is 0 Å². The van der Waals surface area contributed by atoms with Crippen LogP contribution in [0.15, 0.2) is 36.4 Å². The van der Waals surface area contributed by atoms with Crippen LogP contribution in [0.2, 0.25) is 5.02 Å². The molecule has 4 aromatic rings. The number of fused-ring (bicyclic) bond motifs is 1. The van der Waals surface area contributed by atoms with Crippen molar-refractivity contribution < 1.29 is 13.2 Å². The average Bonchev–Trinajstić information content (AvgIpc) is 3.07. The molecule has 0 fully saturated rings. The quantitative estimate of drug-likeness (QED) is 0.380. The second kappa shape index (κ2) is 7.41. The van der Waals surface area contributed by atoms with Gasteiger partial charge in [-0.3, -0.25) is 0 Å². The summed E-state index contributed by atoms with van der Waals surface area (Å²) in [6.07, 6.45) is -4.49. The summed E-state index contributed by atoms with van der Waals surface area (Å²) in [4.78, 5) is 13.6. The first-order chi connectivity index (χ1) is 14.1. The number of nitrogen functional groups attached to an aromatic ring is 1. The van der Waals surface area contributed by atoms with Crippen LogP contribution in [0.25, 0.3) is 21.7 Å². The fourth-order valence-electron chi connectivity index (χ4n) is 3.01. The molecule has 2 heterocycles. The van der Waals surface area contributed by atoms with E-state index in [1.54, 1.807) is 0 Å². The number of rotatable bonds is 3. The molecule has 0 saturated heterocycles. The number of para-hydroxylation sites is 1. The van der Waals surface area contributed by atoms with Crippen LogP contribution in [0.5, 0.6) is 0 Å². The maximum atomic E-state index is 12.9. The molecule has 0 aliphatic heterocycles. The Kier molecular flexibility index (Phi) is 5.03. The summed E-state index contributed by atoms with van der Waals surface area (Å²) >= 11 is 7.34. The minimum absolute atomic E-state index is 0.109. The number of benzene rings is 2. The van der Waals surface area contributed by atoms with E-state index in [-0.39, 0.29) is 22.2 Å². The molecule has 0 saturated carbocycles. The van der Waals surface area contributed by atoms with Gasteiger partial charge < -0.3 is 11.1 Å². The molecule has 3 N–H and O–H groups in total. The zero-order valence-corrected chi connectivity index (χ0v) is 17.4. The van der Waals surface area contributed by atoms with Crippen LogP contribution in [-0.2, 0) is 6.18 Å². The first-order valence-electron chi connectivity index (χ1n) is 8.78. The van der Waals surface area contributed by atoms with Crippen molar-refractivity contribution in [2.24, 2.45) is 0 Å². The van der Waals surface area contributed by atoms with Crippen molar-refractivity contribution in [3.63, 3.8) is 0 Å². The zero-order chi connectivity index (χ0) is 21.6. The summed E-state index contributed by atoms with van der Waals surface area (Å²) in [5.74, 6) is 0.262. The summed E-state index contributed by atoms with van der Waals surface area (Å²) in [6, 6.07) is 8.97. The van der Waals surface area contributed by atoms with Gasteiger partial charge in [-0.15, -0.1) is 0 Å². The fraction of sp³-hybridized carbons (Fsp3) is 0.150. The highest BCUT2D eigenvalue weighted by Crippen LogP contribution is 2.37. The molecule has 154 valence electrons. The van der Waals surface area contributed by atoms with E-state index in [1.165, 1.54) is 17.4 Å². The molecule has 5 nitrogen and oxygen atoms in total. The van der Waals surface area contributed by atoms with Crippen LogP contribution in [-0.4, -0.2) is 15.0 Å². The van der Waals surface area contributed by atoms with E-state index < -0.39 is 11.7 Å². The average molecular weight is 450 g/mol. The number of thiazole rings is 1. The van der Waals surface area contributed by atoms with Crippen molar-refractivity contribution in [1.82, 2.24) is 15.0 Å². The van der Waals surface area contributed by atoms with E-state index in [9.17, 15) is 13.2 Å². The highest BCUT2D eigenvalue weighted by Gasteiger charge is 2.31. The van der Waals surface area contributed by atoms with E-state index in [4.69, 9.17) is 17.3 Å². The van der Waals surface area contributed by atoms with Gasteiger partial charge in [-0.2, -0.15) is 13.2 Å². The molecule has 0 spiro atoms. The summed E-state index contributed by atoms with van der Waals surface area (Å²) in [7, 11) is 0. The molecule has 2 aromatic carbocycles. The van der Waals surface area contributed by atoms with Crippen molar-refractivity contribution in [1.29, 1.82) is 0 Å². The number of aromatic nitrogens is 3. The molecule has 0 bridgehead atoms. The van der Waals surface area contributed by atoms with Gasteiger partial charge in [0.15, 0.2) is 21.6 Å². The predicted molar refractivity (Wildman–Crippen MR) is 114 cm³/mol. The third-order valence-corrected chi connectivity index (χ3v) is 5.71. The minimum atomic E-state index is -4.49. The number of nitrogens with one attached hydrogen (secondary N) is 1. The van der Waals surface area contributed by atoms with Crippen molar-refractivity contribution in [2.45, 2.75) is 20.0 Å². The second-order valence-corrected chi connectivity index (χ2v) is 8.07. The number of hydrogen-bond acceptors (Lipinski definition) is 6. The van der Waals surface area contributed by atoms with Gasteiger partial charge in [0.05, 0.1) is 10.6 Å². The number of nitrogens with two attached hydrogens (primary N) is 1. The van der Waals surface area contributed by atoms with Crippen molar-refractivity contribution in [2.75, 3.05) is 11.1 Å². The number of anilines is 3. The van der Waals surface area contributed by atoms with E-state index in [1.807, 2.05) is 32.0 Å². The highest BCUT2D eigenvalue weighted by molar-refractivity contribution is 7.21. The van der Waals surface area contributed by atoms with Gasteiger partial charge >= 0.3 is 6.18 Å². The Hall–Kier alpha value is -2.91. The van der Waals surface area contributed by atoms with E-state index in [0.717, 1.165) is 28.9 Å². The van der Waals surface area contributed by atoms with Gasteiger partial charge in [-0.05, 0) is 43.2 Å². The SMILES string of the molecule is Cc1cccc(C)c1Nc1nc2c(N)nc(-c3ccc(C(F)(F)F)cc3Cl)nc2s1. The summed E-state index contributed by atoms with van der Waals surface area (Å²) < 4.78 is 38.7. The Morgan fingerprint density at radius 1 is 1.03 bits per heavy atom. The molecular formula is C20H15ClF3N5S. The van der Waals surface area contributed by atoms with E-state index in [0.29, 0.717) is 15.5 Å². The molecule has 0 atom stereocenters. The Morgan fingerprint density at radius 3 is 2.37 bits per heavy atom. The second-order valence-electron chi connectivity index (χ2n) is 6.69. The van der Waals surface area contributed by atoms with Crippen LogP contribution in [0.3, 0.4) is 0 Å². The zero-order valence-electron chi connectivity index (χ0n) is 15.8. The highest BCUT2D eigenvalue weighted by atomic mass is 35.5. The van der Waals surface area contributed by atoms with Crippen molar-refractivity contribution in [3.8, 4) is 11.4 Å². The molecule has 30 heavy (non-hydrogen) atoms. The lowest BCUT2D eigenvalue weighted by Crippen LogP contribution is -2.05. The lowest BCUT2D eigenvalue weighted by Gasteiger charge is -2.09. The minimum Gasteiger partial charge on any atom is -0.382 e. The summed E-state index contributed by atoms with van der Waals surface area (Å²) in [5.41, 5.74) is 8.95. The molecule has 0 amide bonds. The van der Waals surface area contributed by atoms with Gasteiger partial charge in [-0.1, -0.05) is 41.1 Å². The van der Waals surface area contributed by atoms with Crippen LogP contribution < -0.4 is 11.1 Å². The molecule has 0 unspecified atom stereocenters. The lowest BCUT2D eigenvalue weighted by atomic mass is 10.1. The predicted octanol–water partition coefficient (Wildman–Crippen LogP) is 6.37. The molecule has 10 heteroatoms. The largest absolute Gasteiger partial charge is 0.416 e. The molecule has 4 rings (SSSR count). The lowest BCUT2D eigenvalue weighted by molar-refractivity contribution is -0.137. The number of aryl methyl sites for hydroxylation is 2. The van der Waals surface area contributed by atoms with Crippen LogP contribution >= 0.6 is 22.9 Å². The fourth-order valence-corrected chi connectivity index (χ4v) is 4.13. The van der Waals surface area contributed by atoms with Crippen LogP contribution in [0.1, 0.15) is 16.7 Å². The van der Waals surface area contributed by atoms with Gasteiger partial charge in [0.2, 0.25) is 0 Å². The van der Waals surface area contributed by atoms with Gasteiger partial charge in [0.1, 0.15) is 5.52 Å². The Balaban J connectivity index is 1.74.